The summed E-state index contributed by atoms with van der Waals surface area (Å²) >= 11 is 3.47. The number of piperidine rings is 1. The summed E-state index contributed by atoms with van der Waals surface area (Å²) in [6.07, 6.45) is 6.94. The Balaban J connectivity index is 1.99. The van der Waals surface area contributed by atoms with Gasteiger partial charge in [-0.25, -0.2) is 0 Å². The van der Waals surface area contributed by atoms with Crippen molar-refractivity contribution in [3.63, 3.8) is 0 Å². The molecule has 0 N–H and O–H groups in total. The van der Waals surface area contributed by atoms with E-state index in [1.165, 1.54) is 6.42 Å². The van der Waals surface area contributed by atoms with Crippen molar-refractivity contribution in [3.05, 3.63) is 18.0 Å². The highest BCUT2D eigenvalue weighted by atomic mass is 79.9. The predicted octanol–water partition coefficient (Wildman–Crippen LogP) is 2.06. The van der Waals surface area contributed by atoms with E-state index in [1.54, 1.807) is 17.1 Å². The van der Waals surface area contributed by atoms with Crippen molar-refractivity contribution in [1.82, 2.24) is 14.7 Å². The number of rotatable bonds is 3. The van der Waals surface area contributed by atoms with Crippen LogP contribution in [0.15, 0.2) is 12.4 Å². The van der Waals surface area contributed by atoms with E-state index in [2.05, 4.69) is 21.0 Å². The van der Waals surface area contributed by atoms with Crippen LogP contribution < -0.4 is 0 Å². The summed E-state index contributed by atoms with van der Waals surface area (Å²) in [7, 11) is 1.83. The molecule has 0 radical (unpaired) electrons. The fraction of sp³-hybridized carbons (Fsp3) is 0.667. The molecular formula is C12H18BrN3O. The van der Waals surface area contributed by atoms with Gasteiger partial charge in [0.15, 0.2) is 0 Å². The quantitative estimate of drug-likeness (QED) is 0.801. The molecule has 5 heteroatoms. The van der Waals surface area contributed by atoms with Gasteiger partial charge < -0.3 is 4.90 Å². The second-order valence-corrected chi connectivity index (χ2v) is 5.43. The molecule has 1 aromatic heterocycles. The monoisotopic (exact) mass is 299 g/mol. The maximum absolute atomic E-state index is 12.2. The number of alkyl halides is 1. The van der Waals surface area contributed by atoms with E-state index in [4.69, 9.17) is 0 Å². The molecule has 1 amide bonds. The number of nitrogens with zero attached hydrogens (tertiary/aromatic N) is 3. The molecule has 1 aromatic rings. The van der Waals surface area contributed by atoms with Gasteiger partial charge >= 0.3 is 0 Å². The Labute approximate surface area is 110 Å². The molecule has 1 atom stereocenters. The zero-order valence-corrected chi connectivity index (χ0v) is 11.7. The summed E-state index contributed by atoms with van der Waals surface area (Å²) in [5.41, 5.74) is 0.701. The van der Waals surface area contributed by atoms with Crippen LogP contribution >= 0.6 is 15.9 Å². The fourth-order valence-corrected chi connectivity index (χ4v) is 3.00. The number of aryl methyl sites for hydroxylation is 1. The number of likely N-dealkylation sites (tertiary alicyclic amines) is 1. The Kier molecular flexibility index (Phi) is 4.20. The molecule has 4 nitrogen and oxygen atoms in total. The van der Waals surface area contributed by atoms with Crippen molar-refractivity contribution in [2.24, 2.45) is 13.0 Å². The molecule has 17 heavy (non-hydrogen) atoms. The minimum atomic E-state index is 0.123. The van der Waals surface area contributed by atoms with E-state index in [0.717, 1.165) is 31.3 Å². The van der Waals surface area contributed by atoms with E-state index in [1.807, 2.05) is 11.9 Å². The maximum atomic E-state index is 12.2. The lowest BCUT2D eigenvalue weighted by atomic mass is 9.95. The smallest absolute Gasteiger partial charge is 0.257 e. The van der Waals surface area contributed by atoms with Crippen molar-refractivity contribution < 1.29 is 4.79 Å². The van der Waals surface area contributed by atoms with Gasteiger partial charge in [0.05, 0.1) is 11.8 Å². The second-order valence-electron chi connectivity index (χ2n) is 4.64. The van der Waals surface area contributed by atoms with Crippen LogP contribution in [0.25, 0.3) is 0 Å². The van der Waals surface area contributed by atoms with Crippen LogP contribution in [0.2, 0.25) is 0 Å². The third-order valence-electron chi connectivity index (χ3n) is 3.28. The van der Waals surface area contributed by atoms with Gasteiger partial charge in [-0.05, 0) is 25.2 Å². The SMILES string of the molecule is Cn1cc(C(=O)N2CCCC(CCBr)C2)cn1. The summed E-state index contributed by atoms with van der Waals surface area (Å²) in [4.78, 5) is 14.2. The highest BCUT2D eigenvalue weighted by molar-refractivity contribution is 9.09. The van der Waals surface area contributed by atoms with Crippen LogP contribution in [0.4, 0.5) is 0 Å². The van der Waals surface area contributed by atoms with Crippen molar-refractivity contribution >= 4 is 21.8 Å². The Morgan fingerprint density at radius 1 is 1.65 bits per heavy atom. The van der Waals surface area contributed by atoms with Gasteiger partial charge in [-0.15, -0.1) is 0 Å². The third kappa shape index (κ3) is 3.09. The minimum Gasteiger partial charge on any atom is -0.338 e. The Bertz CT molecular complexity index is 389. The Hall–Kier alpha value is -0.840. The standard InChI is InChI=1S/C12H18BrN3O/c1-15-9-11(7-14-15)12(17)16-6-2-3-10(8-16)4-5-13/h7,9-10H,2-6,8H2,1H3. The molecular weight excluding hydrogens is 282 g/mol. The maximum Gasteiger partial charge on any atom is 0.257 e. The first-order chi connectivity index (χ1) is 8.20. The van der Waals surface area contributed by atoms with Gasteiger partial charge in [0.2, 0.25) is 0 Å². The normalized spacial score (nSPS) is 20.6. The largest absolute Gasteiger partial charge is 0.338 e. The molecule has 0 bridgehead atoms. The first-order valence-corrected chi connectivity index (χ1v) is 7.16. The molecule has 2 heterocycles. The van der Waals surface area contributed by atoms with Crippen molar-refractivity contribution in [1.29, 1.82) is 0 Å². The van der Waals surface area contributed by atoms with Gasteiger partial charge in [-0.1, -0.05) is 15.9 Å². The van der Waals surface area contributed by atoms with Crippen LogP contribution in [0.5, 0.6) is 0 Å². The molecule has 2 rings (SSSR count). The summed E-state index contributed by atoms with van der Waals surface area (Å²) in [6.45, 7) is 1.77. The molecule has 1 unspecified atom stereocenters. The molecule has 0 aliphatic carbocycles. The zero-order chi connectivity index (χ0) is 12.3. The molecule has 1 aliphatic rings. The molecule has 0 aromatic carbocycles. The zero-order valence-electron chi connectivity index (χ0n) is 10.1. The number of carbonyl (C=O) groups excluding carboxylic acids is 1. The van der Waals surface area contributed by atoms with Crippen molar-refractivity contribution in [2.45, 2.75) is 19.3 Å². The number of aromatic nitrogens is 2. The van der Waals surface area contributed by atoms with Gasteiger partial charge in [-0.2, -0.15) is 5.10 Å². The number of hydrogen-bond acceptors (Lipinski definition) is 2. The van der Waals surface area contributed by atoms with Gasteiger partial charge in [-0.3, -0.25) is 9.48 Å². The van der Waals surface area contributed by atoms with Gasteiger partial charge in [0.1, 0.15) is 0 Å². The Morgan fingerprint density at radius 2 is 2.47 bits per heavy atom. The predicted molar refractivity (Wildman–Crippen MR) is 70.2 cm³/mol. The number of amides is 1. The van der Waals surface area contributed by atoms with Crippen LogP contribution in [0, 0.1) is 5.92 Å². The lowest BCUT2D eigenvalue weighted by Gasteiger charge is -2.32. The number of hydrogen-bond donors (Lipinski definition) is 0. The molecule has 0 spiro atoms. The molecule has 94 valence electrons. The first-order valence-electron chi connectivity index (χ1n) is 6.04. The van der Waals surface area contributed by atoms with E-state index in [-0.39, 0.29) is 5.91 Å². The highest BCUT2D eigenvalue weighted by Crippen LogP contribution is 2.21. The lowest BCUT2D eigenvalue weighted by Crippen LogP contribution is -2.39. The van der Waals surface area contributed by atoms with E-state index in [9.17, 15) is 4.79 Å². The molecule has 1 saturated heterocycles. The lowest BCUT2D eigenvalue weighted by molar-refractivity contribution is 0.0672. The summed E-state index contributed by atoms with van der Waals surface area (Å²) in [6, 6.07) is 0. The van der Waals surface area contributed by atoms with Crippen LogP contribution in [0.1, 0.15) is 29.6 Å². The van der Waals surface area contributed by atoms with Gasteiger partial charge in [0.25, 0.3) is 5.91 Å². The Morgan fingerprint density at radius 3 is 3.12 bits per heavy atom. The van der Waals surface area contributed by atoms with E-state index >= 15 is 0 Å². The molecule has 1 fully saturated rings. The summed E-state index contributed by atoms with van der Waals surface area (Å²) in [5, 5.41) is 5.07. The number of halogens is 1. The minimum absolute atomic E-state index is 0.123. The topological polar surface area (TPSA) is 38.1 Å². The second kappa shape index (κ2) is 5.67. The average molecular weight is 300 g/mol. The highest BCUT2D eigenvalue weighted by Gasteiger charge is 2.24. The van der Waals surface area contributed by atoms with Crippen molar-refractivity contribution in [3.8, 4) is 0 Å². The summed E-state index contributed by atoms with van der Waals surface area (Å²) < 4.78 is 1.67. The third-order valence-corrected chi connectivity index (χ3v) is 3.73. The summed E-state index contributed by atoms with van der Waals surface area (Å²) in [5.74, 6) is 0.765. The molecule has 0 saturated carbocycles. The fourth-order valence-electron chi connectivity index (χ4n) is 2.35. The van der Waals surface area contributed by atoms with Crippen molar-refractivity contribution in [2.75, 3.05) is 18.4 Å². The van der Waals surface area contributed by atoms with Crippen LogP contribution in [0.3, 0.4) is 0 Å². The van der Waals surface area contributed by atoms with Crippen LogP contribution in [-0.2, 0) is 7.05 Å². The first kappa shape index (κ1) is 12.6. The molecule has 1 aliphatic heterocycles. The van der Waals surface area contributed by atoms with E-state index in [0.29, 0.717) is 11.5 Å². The average Bonchev–Trinajstić information content (AvgIpc) is 2.76. The van der Waals surface area contributed by atoms with Gasteiger partial charge in [0, 0.05) is 31.7 Å². The number of carbonyl (C=O) groups is 1. The van der Waals surface area contributed by atoms with E-state index < -0.39 is 0 Å². The van der Waals surface area contributed by atoms with Crippen LogP contribution in [-0.4, -0.2) is 39.0 Å².